The summed E-state index contributed by atoms with van der Waals surface area (Å²) in [6.07, 6.45) is 2.08. The molecular formula is C34H28N4O10. The normalized spacial score (nSPS) is 26.1. The summed E-state index contributed by atoms with van der Waals surface area (Å²) in [5.74, 6) is -6.79. The van der Waals surface area contributed by atoms with Crippen molar-refractivity contribution in [2.45, 2.75) is 18.8 Å². The van der Waals surface area contributed by atoms with Crippen LogP contribution < -0.4 is 14.5 Å². The van der Waals surface area contributed by atoms with E-state index in [1.54, 1.807) is 24.3 Å². The van der Waals surface area contributed by atoms with Crippen molar-refractivity contribution in [2.75, 3.05) is 23.0 Å². The highest BCUT2D eigenvalue weighted by Gasteiger charge is 2.62. The third-order valence-electron chi connectivity index (χ3n) is 9.85. The SMILES string of the molecule is O=C1C2CC=C3C(CC4C(=O)N(c5cccc([N+](=O)[O-])c5)C(=O)C4C3c3ccccc3OCCO)C2C(=O)N1c1cccc([N+](=O)[O-])c1. The van der Waals surface area contributed by atoms with Crippen molar-refractivity contribution in [3.05, 3.63) is 110 Å². The Morgan fingerprint density at radius 3 is 1.92 bits per heavy atom. The van der Waals surface area contributed by atoms with Gasteiger partial charge < -0.3 is 9.84 Å². The zero-order valence-corrected chi connectivity index (χ0v) is 25.2. The number of carbonyl (C=O) groups is 4. The van der Waals surface area contributed by atoms with Crippen LogP contribution >= 0.6 is 0 Å². The van der Waals surface area contributed by atoms with Crippen LogP contribution in [0.4, 0.5) is 22.7 Å². The van der Waals surface area contributed by atoms with Crippen molar-refractivity contribution in [3.8, 4) is 5.75 Å². The maximum absolute atomic E-state index is 14.3. The third-order valence-corrected chi connectivity index (χ3v) is 9.85. The number of imide groups is 2. The van der Waals surface area contributed by atoms with E-state index in [0.717, 1.165) is 9.80 Å². The van der Waals surface area contributed by atoms with Gasteiger partial charge in [-0.1, -0.05) is 42.0 Å². The first-order chi connectivity index (χ1) is 23.1. The monoisotopic (exact) mass is 652 g/mol. The van der Waals surface area contributed by atoms with E-state index in [0.29, 0.717) is 16.9 Å². The molecule has 0 bridgehead atoms. The summed E-state index contributed by atoms with van der Waals surface area (Å²) in [5, 5.41) is 32.5. The second-order valence-electron chi connectivity index (χ2n) is 12.2. The third kappa shape index (κ3) is 4.75. The van der Waals surface area contributed by atoms with Gasteiger partial charge in [-0.2, -0.15) is 0 Å². The molecule has 2 aliphatic heterocycles. The average molecular weight is 653 g/mol. The molecule has 2 heterocycles. The summed E-state index contributed by atoms with van der Waals surface area (Å²) in [5.41, 5.74) is 0.811. The van der Waals surface area contributed by atoms with Gasteiger partial charge in [-0.05, 0) is 37.0 Å². The highest BCUT2D eigenvalue weighted by Crippen LogP contribution is 2.59. The number of carbonyl (C=O) groups excluding carboxylic acids is 4. The van der Waals surface area contributed by atoms with Gasteiger partial charge in [0, 0.05) is 35.7 Å². The second-order valence-corrected chi connectivity index (χ2v) is 12.2. The molecular weight excluding hydrogens is 624 g/mol. The van der Waals surface area contributed by atoms with Crippen LogP contribution in [0.5, 0.6) is 5.75 Å². The summed E-state index contributed by atoms with van der Waals surface area (Å²) in [4.78, 5) is 80.2. The van der Waals surface area contributed by atoms with Crippen molar-refractivity contribution in [3.63, 3.8) is 0 Å². The Kier molecular flexibility index (Phi) is 7.59. The van der Waals surface area contributed by atoms with Crippen LogP contribution in [-0.2, 0) is 19.2 Å². The minimum atomic E-state index is -0.949. The smallest absolute Gasteiger partial charge is 0.271 e. The van der Waals surface area contributed by atoms with Crippen molar-refractivity contribution in [1.29, 1.82) is 0 Å². The van der Waals surface area contributed by atoms with Gasteiger partial charge in [-0.3, -0.25) is 39.4 Å². The minimum absolute atomic E-state index is 0.0388. The minimum Gasteiger partial charge on any atom is -0.491 e. The fourth-order valence-electron chi connectivity index (χ4n) is 7.96. The highest BCUT2D eigenvalue weighted by molar-refractivity contribution is 6.24. The van der Waals surface area contributed by atoms with Gasteiger partial charge in [-0.25, -0.2) is 9.80 Å². The summed E-state index contributed by atoms with van der Waals surface area (Å²) >= 11 is 0. The molecule has 0 aromatic heterocycles. The zero-order chi connectivity index (χ0) is 33.9. The van der Waals surface area contributed by atoms with Crippen molar-refractivity contribution < 1.29 is 38.9 Å². The predicted molar refractivity (Wildman–Crippen MR) is 168 cm³/mol. The number of aliphatic hydroxyl groups is 1. The fraction of sp³-hybridized carbons (Fsp3) is 0.294. The van der Waals surface area contributed by atoms with E-state index in [-0.39, 0.29) is 48.8 Å². The fourth-order valence-corrected chi connectivity index (χ4v) is 7.96. The molecule has 4 aliphatic rings. The molecule has 0 spiro atoms. The first kappa shape index (κ1) is 30.9. The summed E-state index contributed by atoms with van der Waals surface area (Å²) in [7, 11) is 0. The van der Waals surface area contributed by atoms with Gasteiger partial charge in [0.05, 0.1) is 51.5 Å². The molecule has 14 heteroatoms. The Morgan fingerprint density at radius 1 is 0.729 bits per heavy atom. The van der Waals surface area contributed by atoms with Gasteiger partial charge in [0.25, 0.3) is 11.4 Å². The lowest BCUT2D eigenvalue weighted by Crippen LogP contribution is -2.43. The first-order valence-corrected chi connectivity index (χ1v) is 15.4. The Bertz CT molecular complexity index is 1940. The number of rotatable bonds is 8. The van der Waals surface area contributed by atoms with E-state index in [2.05, 4.69) is 0 Å². The molecule has 1 saturated carbocycles. The molecule has 4 amide bonds. The van der Waals surface area contributed by atoms with Gasteiger partial charge in [-0.15, -0.1) is 0 Å². The Morgan fingerprint density at radius 2 is 1.31 bits per heavy atom. The van der Waals surface area contributed by atoms with Crippen LogP contribution in [0.3, 0.4) is 0 Å². The van der Waals surface area contributed by atoms with Gasteiger partial charge in [0.1, 0.15) is 12.4 Å². The number of hydrogen-bond acceptors (Lipinski definition) is 10. The Balaban J connectivity index is 1.34. The maximum atomic E-state index is 14.3. The number of nitro benzene ring substituents is 2. The number of non-ortho nitro benzene ring substituents is 2. The number of allylic oxidation sites excluding steroid dienone is 2. The van der Waals surface area contributed by atoms with Crippen LogP contribution in [0.2, 0.25) is 0 Å². The standard InChI is InChI=1S/C34H28N4O10/c39-13-14-48-27-10-2-1-9-23(27)28-22-11-12-24-29(33(42)35(31(24)40)18-5-3-7-20(15-18)37(44)45)25(22)17-26-30(28)34(43)36(32(26)41)19-6-4-8-21(16-19)38(46)47/h1-11,15-16,24-26,28-30,39H,12-14,17H2. The molecule has 0 radical (unpaired) electrons. The molecule has 14 nitrogen and oxygen atoms in total. The van der Waals surface area contributed by atoms with Crippen molar-refractivity contribution in [1.82, 2.24) is 0 Å². The quantitative estimate of drug-likeness (QED) is 0.162. The number of hydrogen-bond donors (Lipinski definition) is 1. The lowest BCUT2D eigenvalue weighted by molar-refractivity contribution is -0.385. The molecule has 48 heavy (non-hydrogen) atoms. The highest BCUT2D eigenvalue weighted by atomic mass is 16.6. The number of amides is 4. The predicted octanol–water partition coefficient (Wildman–Crippen LogP) is 3.92. The largest absolute Gasteiger partial charge is 0.491 e. The molecule has 6 unspecified atom stereocenters. The first-order valence-electron chi connectivity index (χ1n) is 15.4. The number of nitrogens with zero attached hydrogens (tertiary/aromatic N) is 4. The van der Waals surface area contributed by atoms with Gasteiger partial charge in [0.2, 0.25) is 23.6 Å². The number of nitro groups is 2. The molecule has 2 aliphatic carbocycles. The number of benzene rings is 3. The average Bonchev–Trinajstić information content (AvgIpc) is 3.50. The number of ether oxygens (including phenoxy) is 1. The van der Waals surface area contributed by atoms with Crippen LogP contribution in [0.1, 0.15) is 24.3 Å². The molecule has 3 aromatic rings. The van der Waals surface area contributed by atoms with Crippen molar-refractivity contribution >= 4 is 46.4 Å². The number of aliphatic hydroxyl groups excluding tert-OH is 1. The molecule has 244 valence electrons. The van der Waals surface area contributed by atoms with Crippen LogP contribution in [0.25, 0.3) is 0 Å². The van der Waals surface area contributed by atoms with Crippen molar-refractivity contribution in [2.24, 2.45) is 29.6 Å². The Labute approximate surface area is 272 Å². The number of fused-ring (bicyclic) bond motifs is 4. The van der Waals surface area contributed by atoms with Gasteiger partial charge >= 0.3 is 0 Å². The summed E-state index contributed by atoms with van der Waals surface area (Å²) in [6, 6.07) is 17.5. The van der Waals surface area contributed by atoms with E-state index in [4.69, 9.17) is 4.74 Å². The Hall–Kier alpha value is -5.76. The molecule has 3 fully saturated rings. The lowest BCUT2D eigenvalue weighted by atomic mass is 9.57. The molecule has 6 atom stereocenters. The van der Waals surface area contributed by atoms with E-state index < -0.39 is 69.0 Å². The maximum Gasteiger partial charge on any atom is 0.271 e. The van der Waals surface area contributed by atoms with E-state index in [1.165, 1.54) is 48.5 Å². The summed E-state index contributed by atoms with van der Waals surface area (Å²) < 4.78 is 5.87. The van der Waals surface area contributed by atoms with E-state index >= 15 is 0 Å². The molecule has 7 rings (SSSR count). The molecule has 1 N–H and O–H groups in total. The second kappa shape index (κ2) is 11.8. The molecule has 2 saturated heterocycles. The van der Waals surface area contributed by atoms with Crippen LogP contribution in [-0.4, -0.2) is 51.8 Å². The number of anilines is 2. The van der Waals surface area contributed by atoms with Gasteiger partial charge in [0.15, 0.2) is 0 Å². The van der Waals surface area contributed by atoms with E-state index in [9.17, 15) is 44.5 Å². The topological polar surface area (TPSA) is 190 Å². The lowest BCUT2D eigenvalue weighted by Gasteiger charge is -2.44. The summed E-state index contributed by atoms with van der Waals surface area (Å²) in [6.45, 7) is -0.314. The van der Waals surface area contributed by atoms with E-state index in [1.807, 2.05) is 6.08 Å². The molecule has 3 aromatic carbocycles. The van der Waals surface area contributed by atoms with Crippen LogP contribution in [0, 0.1) is 49.8 Å². The zero-order valence-electron chi connectivity index (χ0n) is 25.2. The number of para-hydroxylation sites is 1. The van der Waals surface area contributed by atoms with Crippen LogP contribution in [0.15, 0.2) is 84.4 Å².